The van der Waals surface area contributed by atoms with Gasteiger partial charge in [-0.3, -0.25) is 0 Å². The molecule has 1 aliphatic heterocycles. The molecule has 2 N–H and O–H groups in total. The standard InChI is InChI=1S/C25H26N8O3/c1-25(30-24(34)35)4-7-32(8-5-25)22-3-2-18(14-28-22)21-12-20(36-11-10-31-9-6-27-17-31)16-33-23(21)19(13-26)15-29-33/h2-3,6,9,12,14-17,30H,4-5,7-8,10-11H2,1H3,(H,34,35). The summed E-state index contributed by atoms with van der Waals surface area (Å²) in [5, 5.41) is 25.7. The molecule has 0 aliphatic carbocycles. The van der Waals surface area contributed by atoms with Crippen molar-refractivity contribution < 1.29 is 14.6 Å². The predicted octanol–water partition coefficient (Wildman–Crippen LogP) is 3.17. The number of hydrogen-bond donors (Lipinski definition) is 2. The molecule has 0 aromatic carbocycles. The summed E-state index contributed by atoms with van der Waals surface area (Å²) in [6, 6.07) is 8.05. The van der Waals surface area contributed by atoms with Crippen molar-refractivity contribution in [2.24, 2.45) is 0 Å². The quantitative estimate of drug-likeness (QED) is 0.407. The van der Waals surface area contributed by atoms with E-state index in [9.17, 15) is 10.1 Å². The second-order valence-electron chi connectivity index (χ2n) is 9.08. The fourth-order valence-electron chi connectivity index (χ4n) is 4.51. The lowest BCUT2D eigenvalue weighted by Gasteiger charge is -2.39. The number of ether oxygens (including phenoxy) is 1. The molecule has 1 saturated heterocycles. The van der Waals surface area contributed by atoms with E-state index in [1.807, 2.05) is 35.9 Å². The molecule has 0 saturated carbocycles. The zero-order valence-corrected chi connectivity index (χ0v) is 19.8. The Balaban J connectivity index is 1.37. The van der Waals surface area contributed by atoms with Crippen molar-refractivity contribution in [2.45, 2.75) is 31.8 Å². The summed E-state index contributed by atoms with van der Waals surface area (Å²) in [7, 11) is 0. The number of hydrogen-bond acceptors (Lipinski definition) is 7. The minimum absolute atomic E-state index is 0.429. The van der Waals surface area contributed by atoms with E-state index in [2.05, 4.69) is 31.4 Å². The molecule has 1 fully saturated rings. The van der Waals surface area contributed by atoms with Gasteiger partial charge >= 0.3 is 6.09 Å². The van der Waals surface area contributed by atoms with Crippen LogP contribution in [0.1, 0.15) is 25.3 Å². The van der Waals surface area contributed by atoms with Crippen molar-refractivity contribution in [3.8, 4) is 22.9 Å². The third-order valence-electron chi connectivity index (χ3n) is 6.54. The number of nitriles is 1. The van der Waals surface area contributed by atoms with E-state index in [0.29, 0.717) is 55.9 Å². The van der Waals surface area contributed by atoms with Crippen LogP contribution in [0.5, 0.6) is 5.75 Å². The van der Waals surface area contributed by atoms with Gasteiger partial charge in [0.1, 0.15) is 24.2 Å². The highest BCUT2D eigenvalue weighted by Gasteiger charge is 2.32. The smallest absolute Gasteiger partial charge is 0.405 e. The van der Waals surface area contributed by atoms with Crippen molar-refractivity contribution in [1.82, 2.24) is 29.5 Å². The number of piperidine rings is 1. The third kappa shape index (κ3) is 4.79. The van der Waals surface area contributed by atoms with Crippen LogP contribution < -0.4 is 15.0 Å². The minimum Gasteiger partial charge on any atom is -0.490 e. The zero-order chi connectivity index (χ0) is 25.1. The molecule has 0 atom stereocenters. The number of rotatable bonds is 7. The number of nitrogens with zero attached hydrogens (tertiary/aromatic N) is 7. The van der Waals surface area contributed by atoms with Crippen LogP contribution in [0.2, 0.25) is 0 Å². The van der Waals surface area contributed by atoms with Crippen molar-refractivity contribution >= 4 is 17.4 Å². The van der Waals surface area contributed by atoms with E-state index in [-0.39, 0.29) is 0 Å². The topological polar surface area (TPSA) is 134 Å². The van der Waals surface area contributed by atoms with Gasteiger partial charge in [0.15, 0.2) is 0 Å². The van der Waals surface area contributed by atoms with Crippen LogP contribution >= 0.6 is 0 Å². The SMILES string of the molecule is CC1(NC(=O)O)CCN(c2ccc(-c3cc(OCCn4ccnc4)cn4ncc(C#N)c34)cn2)CC1. The highest BCUT2D eigenvalue weighted by Crippen LogP contribution is 2.32. The van der Waals surface area contributed by atoms with Crippen LogP contribution in [0.4, 0.5) is 10.6 Å². The van der Waals surface area contributed by atoms with Crippen LogP contribution in [-0.2, 0) is 6.54 Å². The Labute approximate surface area is 207 Å². The van der Waals surface area contributed by atoms with Gasteiger partial charge in [0, 0.05) is 48.3 Å². The van der Waals surface area contributed by atoms with E-state index >= 15 is 0 Å². The molecule has 4 aromatic heterocycles. The number of carboxylic acid groups (broad SMARTS) is 1. The third-order valence-corrected chi connectivity index (χ3v) is 6.54. The largest absolute Gasteiger partial charge is 0.490 e. The van der Waals surface area contributed by atoms with Gasteiger partial charge in [-0.05, 0) is 38.0 Å². The first kappa shape index (κ1) is 23.2. The maximum absolute atomic E-state index is 11.1. The number of pyridine rings is 2. The second-order valence-corrected chi connectivity index (χ2v) is 9.08. The Hall–Kier alpha value is -4.59. The number of amides is 1. The van der Waals surface area contributed by atoms with E-state index < -0.39 is 11.6 Å². The Morgan fingerprint density at radius 1 is 1.31 bits per heavy atom. The molecule has 1 amide bonds. The first-order valence-electron chi connectivity index (χ1n) is 11.7. The number of aromatic nitrogens is 5. The number of carbonyl (C=O) groups is 1. The molecule has 0 bridgehead atoms. The lowest BCUT2D eigenvalue weighted by atomic mass is 9.90. The van der Waals surface area contributed by atoms with Crippen molar-refractivity contribution in [3.05, 3.63) is 61.1 Å². The Kier molecular flexibility index (Phi) is 6.16. The van der Waals surface area contributed by atoms with Crippen molar-refractivity contribution in [1.29, 1.82) is 5.26 Å². The van der Waals surface area contributed by atoms with Gasteiger partial charge in [0.05, 0.1) is 36.3 Å². The Bertz CT molecular complexity index is 1400. The lowest BCUT2D eigenvalue weighted by molar-refractivity contribution is 0.173. The summed E-state index contributed by atoms with van der Waals surface area (Å²) in [6.45, 7) is 4.45. The lowest BCUT2D eigenvalue weighted by Crippen LogP contribution is -2.53. The zero-order valence-electron chi connectivity index (χ0n) is 19.8. The fourth-order valence-corrected chi connectivity index (χ4v) is 4.51. The van der Waals surface area contributed by atoms with Gasteiger partial charge in [-0.15, -0.1) is 0 Å². The summed E-state index contributed by atoms with van der Waals surface area (Å²) in [5.41, 5.74) is 2.39. The number of imidazole rings is 1. The minimum atomic E-state index is -0.996. The maximum atomic E-state index is 11.1. The predicted molar refractivity (Wildman–Crippen MR) is 132 cm³/mol. The van der Waals surface area contributed by atoms with E-state index in [1.165, 1.54) is 0 Å². The van der Waals surface area contributed by atoms with E-state index in [1.54, 1.807) is 35.6 Å². The fraction of sp³-hybridized carbons (Fsp3) is 0.320. The molecule has 1 aliphatic rings. The summed E-state index contributed by atoms with van der Waals surface area (Å²) >= 11 is 0. The van der Waals surface area contributed by atoms with Crippen LogP contribution in [0, 0.1) is 11.3 Å². The van der Waals surface area contributed by atoms with Crippen LogP contribution in [0.3, 0.4) is 0 Å². The van der Waals surface area contributed by atoms with Gasteiger partial charge in [0.25, 0.3) is 0 Å². The molecule has 184 valence electrons. The first-order chi connectivity index (χ1) is 17.4. The molecule has 5 rings (SSSR count). The molecule has 36 heavy (non-hydrogen) atoms. The van der Waals surface area contributed by atoms with Crippen LogP contribution in [0.15, 0.2) is 55.5 Å². The first-order valence-corrected chi connectivity index (χ1v) is 11.7. The summed E-state index contributed by atoms with van der Waals surface area (Å²) < 4.78 is 9.59. The van der Waals surface area contributed by atoms with Gasteiger partial charge < -0.3 is 24.6 Å². The van der Waals surface area contributed by atoms with Crippen molar-refractivity contribution in [3.63, 3.8) is 0 Å². The molecular weight excluding hydrogens is 460 g/mol. The molecule has 0 unspecified atom stereocenters. The molecule has 0 spiro atoms. The molecule has 11 nitrogen and oxygen atoms in total. The van der Waals surface area contributed by atoms with Crippen LogP contribution in [-0.4, -0.2) is 60.6 Å². The van der Waals surface area contributed by atoms with E-state index in [4.69, 9.17) is 9.84 Å². The number of nitrogens with one attached hydrogen (secondary N) is 1. The van der Waals surface area contributed by atoms with Gasteiger partial charge in [0.2, 0.25) is 0 Å². The normalized spacial score (nSPS) is 14.9. The molecule has 4 aromatic rings. The van der Waals surface area contributed by atoms with Gasteiger partial charge in [-0.2, -0.15) is 10.4 Å². The maximum Gasteiger partial charge on any atom is 0.405 e. The monoisotopic (exact) mass is 486 g/mol. The average molecular weight is 487 g/mol. The Morgan fingerprint density at radius 3 is 2.81 bits per heavy atom. The molecule has 5 heterocycles. The molecule has 11 heteroatoms. The van der Waals surface area contributed by atoms with Crippen molar-refractivity contribution in [2.75, 3.05) is 24.6 Å². The summed E-state index contributed by atoms with van der Waals surface area (Å²) in [6.07, 6.45) is 10.8. The highest BCUT2D eigenvalue weighted by atomic mass is 16.5. The average Bonchev–Trinajstić information content (AvgIpc) is 3.53. The second kappa shape index (κ2) is 9.58. The summed E-state index contributed by atoms with van der Waals surface area (Å²) in [5.74, 6) is 1.46. The Morgan fingerprint density at radius 2 is 2.14 bits per heavy atom. The summed E-state index contributed by atoms with van der Waals surface area (Å²) in [4.78, 5) is 22.0. The molecular formula is C25H26N8O3. The highest BCUT2D eigenvalue weighted by molar-refractivity contribution is 5.85. The number of anilines is 1. The van der Waals surface area contributed by atoms with Gasteiger partial charge in [-0.1, -0.05) is 0 Å². The van der Waals surface area contributed by atoms with E-state index in [0.717, 1.165) is 16.9 Å². The van der Waals surface area contributed by atoms with Crippen LogP contribution in [0.25, 0.3) is 16.6 Å². The number of fused-ring (bicyclic) bond motifs is 1. The molecule has 0 radical (unpaired) electrons. The van der Waals surface area contributed by atoms with Gasteiger partial charge in [-0.25, -0.2) is 19.3 Å².